The molecule has 14 heavy (non-hydrogen) atoms. The van der Waals surface area contributed by atoms with Gasteiger partial charge in [-0.3, -0.25) is 4.79 Å². The van der Waals surface area contributed by atoms with Gasteiger partial charge in [-0.05, 0) is 12.5 Å². The number of nitrogens with two attached hydrogens (primary N) is 1. The van der Waals surface area contributed by atoms with Gasteiger partial charge in [-0.15, -0.1) is 0 Å². The molecule has 0 heterocycles. The summed E-state index contributed by atoms with van der Waals surface area (Å²) in [5.74, 6) is 0.296. The number of carbonyl (C=O) groups excluding carboxylic acids is 1. The summed E-state index contributed by atoms with van der Waals surface area (Å²) in [5.41, 5.74) is 7.60. The Morgan fingerprint density at radius 1 is 1.50 bits per heavy atom. The van der Waals surface area contributed by atoms with Crippen LogP contribution in [0.2, 0.25) is 0 Å². The molecule has 75 valence electrons. The first kappa shape index (κ1) is 11.3. The van der Waals surface area contributed by atoms with Crippen molar-refractivity contribution in [3.05, 3.63) is 41.8 Å². The second-order valence-electron chi connectivity index (χ2n) is 3.25. The predicted octanol–water partition coefficient (Wildman–Crippen LogP) is 1.37. The zero-order valence-electron chi connectivity index (χ0n) is 8.10. The van der Waals surface area contributed by atoms with Crippen molar-refractivity contribution < 1.29 is 4.79 Å². The lowest BCUT2D eigenvalue weighted by Gasteiger charge is -2.06. The van der Waals surface area contributed by atoms with Crippen LogP contribution < -0.4 is 5.73 Å². The van der Waals surface area contributed by atoms with Gasteiger partial charge in [-0.1, -0.05) is 29.8 Å². The van der Waals surface area contributed by atoms with E-state index in [4.69, 9.17) is 5.73 Å². The van der Waals surface area contributed by atoms with Gasteiger partial charge in [-0.2, -0.15) is 12.6 Å². The topological polar surface area (TPSA) is 43.1 Å². The van der Waals surface area contributed by atoms with Crippen molar-refractivity contribution in [3.63, 3.8) is 0 Å². The van der Waals surface area contributed by atoms with Crippen LogP contribution in [0.15, 0.2) is 24.3 Å². The number of Topliss-reactive ketones (excluding diaryl/α,β-unsaturated/α-hetero) is 1. The van der Waals surface area contributed by atoms with Crippen molar-refractivity contribution in [1.29, 1.82) is 0 Å². The molecule has 0 aliphatic rings. The molecule has 1 radical (unpaired) electrons. The van der Waals surface area contributed by atoms with Crippen molar-refractivity contribution in [2.75, 3.05) is 5.75 Å². The van der Waals surface area contributed by atoms with Gasteiger partial charge in [0.2, 0.25) is 0 Å². The SMILES string of the molecule is Cc1ccc([CH]C(=O)[C@@H](N)CS)cc1. The molecule has 0 saturated carbocycles. The van der Waals surface area contributed by atoms with Gasteiger partial charge in [0.1, 0.15) is 0 Å². The maximum absolute atomic E-state index is 11.4. The Morgan fingerprint density at radius 2 is 2.07 bits per heavy atom. The molecule has 0 bridgehead atoms. The molecular formula is C11H14NOS. The summed E-state index contributed by atoms with van der Waals surface area (Å²) in [6.07, 6.45) is 1.56. The highest BCUT2D eigenvalue weighted by atomic mass is 32.1. The molecule has 1 aromatic rings. The quantitative estimate of drug-likeness (QED) is 0.734. The minimum Gasteiger partial charge on any atom is -0.321 e. The Hall–Kier alpha value is -0.800. The van der Waals surface area contributed by atoms with Gasteiger partial charge in [0.25, 0.3) is 0 Å². The van der Waals surface area contributed by atoms with Gasteiger partial charge in [0, 0.05) is 5.75 Å². The summed E-state index contributed by atoms with van der Waals surface area (Å²) in [5, 5.41) is 0. The zero-order valence-corrected chi connectivity index (χ0v) is 9.00. The van der Waals surface area contributed by atoms with Crippen LogP contribution in [0.25, 0.3) is 0 Å². The first-order valence-electron chi connectivity index (χ1n) is 4.45. The summed E-state index contributed by atoms with van der Waals surface area (Å²) in [4.78, 5) is 11.4. The Balaban J connectivity index is 2.60. The molecule has 0 fully saturated rings. The van der Waals surface area contributed by atoms with E-state index in [0.29, 0.717) is 5.75 Å². The molecule has 2 N–H and O–H groups in total. The third-order valence-corrected chi connectivity index (χ3v) is 2.34. The van der Waals surface area contributed by atoms with Crippen molar-refractivity contribution in [2.45, 2.75) is 13.0 Å². The number of aryl methyl sites for hydroxylation is 1. The molecule has 1 atom stereocenters. The highest BCUT2D eigenvalue weighted by Crippen LogP contribution is 2.07. The summed E-state index contributed by atoms with van der Waals surface area (Å²) in [7, 11) is 0. The molecule has 0 amide bonds. The zero-order chi connectivity index (χ0) is 10.6. The first-order valence-corrected chi connectivity index (χ1v) is 5.08. The number of carbonyl (C=O) groups is 1. The maximum atomic E-state index is 11.4. The third kappa shape index (κ3) is 3.16. The van der Waals surface area contributed by atoms with Crippen LogP contribution in [0.5, 0.6) is 0 Å². The van der Waals surface area contributed by atoms with Gasteiger partial charge < -0.3 is 5.73 Å². The number of thiol groups is 1. The van der Waals surface area contributed by atoms with Crippen LogP contribution >= 0.6 is 12.6 Å². The second kappa shape index (κ2) is 5.17. The van der Waals surface area contributed by atoms with E-state index < -0.39 is 6.04 Å². The van der Waals surface area contributed by atoms with E-state index in [9.17, 15) is 4.79 Å². The van der Waals surface area contributed by atoms with E-state index in [1.54, 1.807) is 6.42 Å². The molecule has 0 aromatic heterocycles. The normalized spacial score (nSPS) is 12.5. The van der Waals surface area contributed by atoms with Crippen LogP contribution in [0.3, 0.4) is 0 Å². The molecule has 1 rings (SSSR count). The molecule has 0 unspecified atom stereocenters. The molecule has 0 saturated heterocycles. The second-order valence-corrected chi connectivity index (χ2v) is 3.61. The molecule has 3 heteroatoms. The fraction of sp³-hybridized carbons (Fsp3) is 0.273. The summed E-state index contributed by atoms with van der Waals surface area (Å²) in [6.45, 7) is 2.01. The smallest absolute Gasteiger partial charge is 0.158 e. The van der Waals surface area contributed by atoms with Crippen molar-refractivity contribution in [3.8, 4) is 0 Å². The fourth-order valence-corrected chi connectivity index (χ4v) is 1.20. The van der Waals surface area contributed by atoms with Crippen molar-refractivity contribution in [2.24, 2.45) is 5.73 Å². The summed E-state index contributed by atoms with van der Waals surface area (Å²) < 4.78 is 0. The summed E-state index contributed by atoms with van der Waals surface area (Å²) in [6, 6.07) is 7.23. The Kier molecular flexibility index (Phi) is 4.17. The first-order chi connectivity index (χ1) is 6.63. The third-order valence-electron chi connectivity index (χ3n) is 1.95. The highest BCUT2D eigenvalue weighted by Gasteiger charge is 2.11. The van der Waals surface area contributed by atoms with E-state index in [0.717, 1.165) is 5.56 Å². The monoisotopic (exact) mass is 208 g/mol. The van der Waals surface area contributed by atoms with Crippen LogP contribution in [0.1, 0.15) is 11.1 Å². The fourth-order valence-electron chi connectivity index (χ4n) is 1.02. The number of ketones is 1. The van der Waals surface area contributed by atoms with Crippen LogP contribution in [0, 0.1) is 13.3 Å². The molecule has 0 spiro atoms. The molecule has 0 aliphatic heterocycles. The van der Waals surface area contributed by atoms with Gasteiger partial charge >= 0.3 is 0 Å². The molecular weight excluding hydrogens is 194 g/mol. The number of benzene rings is 1. The van der Waals surface area contributed by atoms with Crippen LogP contribution in [-0.4, -0.2) is 17.6 Å². The standard InChI is InChI=1S/C11H14NOS/c1-8-2-4-9(5-3-8)6-11(13)10(12)7-14/h2-6,10,14H,7,12H2,1H3/t10-/m0/s1. The van der Waals surface area contributed by atoms with E-state index in [2.05, 4.69) is 12.6 Å². The lowest BCUT2D eigenvalue weighted by Crippen LogP contribution is -2.32. The van der Waals surface area contributed by atoms with Gasteiger partial charge in [-0.25, -0.2) is 0 Å². The lowest BCUT2D eigenvalue weighted by atomic mass is 10.0. The molecule has 0 aliphatic carbocycles. The Bertz CT molecular complexity index is 308. The minimum atomic E-state index is -0.500. The van der Waals surface area contributed by atoms with Crippen molar-refractivity contribution >= 4 is 18.4 Å². The van der Waals surface area contributed by atoms with E-state index in [1.807, 2.05) is 31.2 Å². The predicted molar refractivity (Wildman–Crippen MR) is 61.4 cm³/mol. The number of rotatable bonds is 4. The highest BCUT2D eigenvalue weighted by molar-refractivity contribution is 7.80. The Labute approximate surface area is 89.9 Å². The maximum Gasteiger partial charge on any atom is 0.158 e. The molecule has 2 nitrogen and oxygen atoms in total. The Morgan fingerprint density at radius 3 is 2.57 bits per heavy atom. The average Bonchev–Trinajstić information content (AvgIpc) is 2.20. The lowest BCUT2D eigenvalue weighted by molar-refractivity contribution is -0.116. The van der Waals surface area contributed by atoms with E-state index in [1.165, 1.54) is 5.56 Å². The largest absolute Gasteiger partial charge is 0.321 e. The van der Waals surface area contributed by atoms with E-state index in [-0.39, 0.29) is 5.78 Å². The van der Waals surface area contributed by atoms with Gasteiger partial charge in [0.15, 0.2) is 5.78 Å². The average molecular weight is 208 g/mol. The van der Waals surface area contributed by atoms with Crippen LogP contribution in [-0.2, 0) is 4.79 Å². The van der Waals surface area contributed by atoms with Gasteiger partial charge in [0.05, 0.1) is 12.5 Å². The minimum absolute atomic E-state index is 0.0798. The molecule has 1 aromatic carbocycles. The van der Waals surface area contributed by atoms with E-state index >= 15 is 0 Å². The van der Waals surface area contributed by atoms with Crippen LogP contribution in [0.4, 0.5) is 0 Å². The van der Waals surface area contributed by atoms with Crippen molar-refractivity contribution in [1.82, 2.24) is 0 Å². The summed E-state index contributed by atoms with van der Waals surface area (Å²) >= 11 is 3.97. The number of hydrogen-bond acceptors (Lipinski definition) is 3. The number of hydrogen-bond donors (Lipinski definition) is 2.